The minimum Gasteiger partial charge on any atom is -0.505 e. The maximum atomic E-state index is 11.9. The number of aryl methyl sites for hydroxylation is 1. The van der Waals surface area contributed by atoms with Gasteiger partial charge >= 0.3 is 0 Å². The number of aromatic hydroxyl groups is 1. The minimum atomic E-state index is -0.556. The highest BCUT2D eigenvalue weighted by molar-refractivity contribution is 5.93. The van der Waals surface area contributed by atoms with E-state index in [4.69, 9.17) is 0 Å². The predicted molar refractivity (Wildman–Crippen MR) is 74.8 cm³/mol. The van der Waals surface area contributed by atoms with Crippen LogP contribution in [0.3, 0.4) is 0 Å². The third-order valence-electron chi connectivity index (χ3n) is 3.14. The first kappa shape index (κ1) is 12.2. The van der Waals surface area contributed by atoms with E-state index in [0.717, 1.165) is 0 Å². The molecule has 0 aliphatic heterocycles. The first-order valence-corrected chi connectivity index (χ1v) is 5.99. The molecule has 0 amide bonds. The molecule has 6 heteroatoms. The molecule has 0 saturated carbocycles. The van der Waals surface area contributed by atoms with Crippen LogP contribution in [0.25, 0.3) is 22.0 Å². The molecule has 0 fully saturated rings. The zero-order chi connectivity index (χ0) is 14.3. The molecule has 0 aliphatic carbocycles. The molecular weight excluding hydrogens is 258 g/mol. The van der Waals surface area contributed by atoms with Crippen molar-refractivity contribution in [3.63, 3.8) is 0 Å². The minimum absolute atomic E-state index is 0.0416. The number of H-pyrrole nitrogens is 2. The lowest BCUT2D eigenvalue weighted by Crippen LogP contribution is -2.20. The first-order chi connectivity index (χ1) is 9.59. The van der Waals surface area contributed by atoms with E-state index in [1.807, 2.05) is 6.07 Å². The summed E-state index contributed by atoms with van der Waals surface area (Å²) in [7, 11) is 0. The summed E-state index contributed by atoms with van der Waals surface area (Å²) in [6.45, 7) is 1.63. The summed E-state index contributed by atoms with van der Waals surface area (Å²) in [6.07, 6.45) is 0. The lowest BCUT2D eigenvalue weighted by atomic mass is 10.1. The normalized spacial score (nSPS) is 10.8. The van der Waals surface area contributed by atoms with Crippen molar-refractivity contribution in [2.24, 2.45) is 0 Å². The smallest absolute Gasteiger partial charge is 0.274 e. The summed E-state index contributed by atoms with van der Waals surface area (Å²) in [4.78, 5) is 27.9. The molecule has 3 N–H and O–H groups in total. The van der Waals surface area contributed by atoms with E-state index in [2.05, 4.69) is 15.2 Å². The Kier molecular flexibility index (Phi) is 2.64. The number of aromatic amines is 2. The van der Waals surface area contributed by atoms with E-state index in [9.17, 15) is 14.7 Å². The van der Waals surface area contributed by atoms with Gasteiger partial charge in [-0.3, -0.25) is 19.8 Å². The number of nitrogens with one attached hydrogen (secondary N) is 2. The average Bonchev–Trinajstić information content (AvgIpc) is 2.46. The lowest BCUT2D eigenvalue weighted by Gasteiger charge is -2.08. The Balaban J connectivity index is 2.50. The van der Waals surface area contributed by atoms with Gasteiger partial charge in [-0.15, -0.1) is 0 Å². The lowest BCUT2D eigenvalue weighted by molar-refractivity contribution is 0.480. The number of aromatic nitrogens is 3. The van der Waals surface area contributed by atoms with Crippen LogP contribution in [0.2, 0.25) is 0 Å². The number of hydrogen-bond acceptors (Lipinski definition) is 4. The molecule has 0 spiro atoms. The van der Waals surface area contributed by atoms with Gasteiger partial charge in [-0.1, -0.05) is 30.3 Å². The van der Waals surface area contributed by atoms with E-state index < -0.39 is 11.1 Å². The Morgan fingerprint density at radius 1 is 1.00 bits per heavy atom. The summed E-state index contributed by atoms with van der Waals surface area (Å²) < 4.78 is 0. The fourth-order valence-corrected chi connectivity index (χ4v) is 2.23. The molecule has 6 nitrogen and oxygen atoms in total. The molecule has 0 aliphatic rings. The fourth-order valence-electron chi connectivity index (χ4n) is 2.23. The quantitative estimate of drug-likeness (QED) is 0.620. The molecule has 3 aromatic rings. The fraction of sp³-hybridized carbons (Fsp3) is 0.0714. The molecule has 0 unspecified atom stereocenters. The van der Waals surface area contributed by atoms with Crippen LogP contribution in [0.5, 0.6) is 5.75 Å². The van der Waals surface area contributed by atoms with Gasteiger partial charge < -0.3 is 5.11 Å². The van der Waals surface area contributed by atoms with Crippen LogP contribution in [0.1, 0.15) is 5.69 Å². The van der Waals surface area contributed by atoms with E-state index in [1.54, 1.807) is 31.2 Å². The molecule has 2 aromatic heterocycles. The van der Waals surface area contributed by atoms with Gasteiger partial charge in [-0.25, -0.2) is 4.98 Å². The Hall–Kier alpha value is -2.89. The van der Waals surface area contributed by atoms with Gasteiger partial charge in [0.2, 0.25) is 0 Å². The summed E-state index contributed by atoms with van der Waals surface area (Å²) in [6, 6.07) is 8.99. The van der Waals surface area contributed by atoms with Gasteiger partial charge in [0.15, 0.2) is 5.75 Å². The van der Waals surface area contributed by atoms with Crippen LogP contribution in [0.4, 0.5) is 0 Å². The first-order valence-electron chi connectivity index (χ1n) is 5.99. The highest BCUT2D eigenvalue weighted by Gasteiger charge is 2.17. The Morgan fingerprint density at radius 2 is 1.60 bits per heavy atom. The van der Waals surface area contributed by atoms with Crippen molar-refractivity contribution < 1.29 is 5.11 Å². The van der Waals surface area contributed by atoms with Crippen LogP contribution in [-0.4, -0.2) is 20.3 Å². The molecule has 0 saturated heterocycles. The van der Waals surface area contributed by atoms with Crippen molar-refractivity contribution in [1.29, 1.82) is 0 Å². The molecule has 20 heavy (non-hydrogen) atoms. The topological polar surface area (TPSA) is 98.8 Å². The van der Waals surface area contributed by atoms with Crippen LogP contribution >= 0.6 is 0 Å². The highest BCUT2D eigenvalue weighted by atomic mass is 16.3. The van der Waals surface area contributed by atoms with E-state index in [0.29, 0.717) is 11.3 Å². The highest BCUT2D eigenvalue weighted by Crippen LogP contribution is 2.32. The Bertz CT molecular complexity index is 911. The van der Waals surface area contributed by atoms with Crippen molar-refractivity contribution in [1.82, 2.24) is 15.2 Å². The average molecular weight is 269 g/mol. The number of hydrogen-bond donors (Lipinski definition) is 3. The SMILES string of the molecule is Cc1nc(-c2ccccc2)c(O)c2c(=O)[nH][nH]c(=O)c12. The summed E-state index contributed by atoms with van der Waals surface area (Å²) in [5, 5.41) is 14.8. The van der Waals surface area contributed by atoms with Gasteiger partial charge in [0.25, 0.3) is 11.1 Å². The molecule has 2 heterocycles. The molecule has 0 atom stereocenters. The van der Waals surface area contributed by atoms with Gasteiger partial charge in [-0.05, 0) is 6.92 Å². The molecule has 3 rings (SSSR count). The molecule has 0 radical (unpaired) electrons. The van der Waals surface area contributed by atoms with Gasteiger partial charge in [0.1, 0.15) is 5.69 Å². The van der Waals surface area contributed by atoms with Gasteiger partial charge in [-0.2, -0.15) is 0 Å². The number of fused-ring (bicyclic) bond motifs is 1. The zero-order valence-electron chi connectivity index (χ0n) is 10.6. The monoisotopic (exact) mass is 269 g/mol. The van der Waals surface area contributed by atoms with Crippen LogP contribution in [0.15, 0.2) is 39.9 Å². The van der Waals surface area contributed by atoms with E-state index >= 15 is 0 Å². The van der Waals surface area contributed by atoms with Gasteiger partial charge in [0.05, 0.1) is 16.5 Å². The number of pyridine rings is 1. The number of nitrogens with zero attached hydrogens (tertiary/aromatic N) is 1. The van der Waals surface area contributed by atoms with Crippen molar-refractivity contribution >= 4 is 10.8 Å². The summed E-state index contributed by atoms with van der Waals surface area (Å²) in [5.74, 6) is -0.288. The zero-order valence-corrected chi connectivity index (χ0v) is 10.6. The standard InChI is InChI=1S/C14H11N3O3/c1-7-9-10(14(20)17-16-13(9)19)12(18)11(15-7)8-5-3-2-4-6-8/h2-6,18H,1H3,(H,16,19)(H,17,20). The molecule has 100 valence electrons. The van der Waals surface area contributed by atoms with E-state index in [1.165, 1.54) is 0 Å². The third kappa shape index (κ3) is 1.70. The summed E-state index contributed by atoms with van der Waals surface area (Å²) >= 11 is 0. The maximum Gasteiger partial charge on any atom is 0.274 e. The maximum absolute atomic E-state index is 11.9. The predicted octanol–water partition coefficient (Wildman–Crippen LogP) is 1.29. The second kappa shape index (κ2) is 4.34. The van der Waals surface area contributed by atoms with Crippen LogP contribution in [-0.2, 0) is 0 Å². The third-order valence-corrected chi connectivity index (χ3v) is 3.14. The molecular formula is C14H11N3O3. The van der Waals surface area contributed by atoms with Crippen LogP contribution < -0.4 is 11.1 Å². The van der Waals surface area contributed by atoms with Crippen molar-refractivity contribution in [3.05, 3.63) is 56.7 Å². The van der Waals surface area contributed by atoms with Crippen molar-refractivity contribution in [2.45, 2.75) is 6.92 Å². The van der Waals surface area contributed by atoms with Crippen LogP contribution in [0, 0.1) is 6.92 Å². The Morgan fingerprint density at radius 3 is 2.25 bits per heavy atom. The largest absolute Gasteiger partial charge is 0.505 e. The number of rotatable bonds is 1. The molecule has 0 bridgehead atoms. The second-order valence-corrected chi connectivity index (χ2v) is 4.42. The molecule has 1 aromatic carbocycles. The Labute approximate surface area is 112 Å². The van der Waals surface area contributed by atoms with Crippen molar-refractivity contribution in [2.75, 3.05) is 0 Å². The second-order valence-electron chi connectivity index (χ2n) is 4.42. The van der Waals surface area contributed by atoms with Crippen molar-refractivity contribution in [3.8, 4) is 17.0 Å². The van der Waals surface area contributed by atoms with Gasteiger partial charge in [0, 0.05) is 5.56 Å². The number of benzene rings is 1. The van der Waals surface area contributed by atoms with E-state index in [-0.39, 0.29) is 22.2 Å². The summed E-state index contributed by atoms with van der Waals surface area (Å²) in [5.41, 5.74) is 0.310.